The van der Waals surface area contributed by atoms with Gasteiger partial charge in [-0.15, -0.1) is 0 Å². The summed E-state index contributed by atoms with van der Waals surface area (Å²) >= 11 is 11.9. The van der Waals surface area contributed by atoms with Crippen molar-refractivity contribution in [1.82, 2.24) is 9.80 Å². The molecule has 0 saturated carbocycles. The van der Waals surface area contributed by atoms with Crippen molar-refractivity contribution in [2.24, 2.45) is 0 Å². The van der Waals surface area contributed by atoms with Crippen LogP contribution in [0.5, 0.6) is 0 Å². The number of carbonyl (C=O) groups excluding carboxylic acids is 2. The monoisotopic (exact) mass is 370 g/mol. The molecule has 0 bridgehead atoms. The van der Waals surface area contributed by atoms with E-state index in [1.165, 1.54) is 0 Å². The van der Waals surface area contributed by atoms with Crippen LogP contribution in [0.15, 0.2) is 18.2 Å². The third-order valence-corrected chi connectivity index (χ3v) is 5.26. The molecule has 2 aliphatic heterocycles. The summed E-state index contributed by atoms with van der Waals surface area (Å²) in [4.78, 5) is 29.1. The number of halogens is 2. The average molecular weight is 371 g/mol. The Morgan fingerprint density at radius 3 is 2.71 bits per heavy atom. The van der Waals surface area contributed by atoms with Crippen LogP contribution in [0, 0.1) is 0 Å². The number of carbonyl (C=O) groups is 2. The fourth-order valence-electron chi connectivity index (χ4n) is 3.29. The number of morpholine rings is 1. The molecule has 2 fully saturated rings. The van der Waals surface area contributed by atoms with E-state index >= 15 is 0 Å². The van der Waals surface area contributed by atoms with Gasteiger partial charge in [-0.05, 0) is 38.0 Å². The molecular weight excluding hydrogens is 351 g/mol. The smallest absolute Gasteiger partial charge is 0.254 e. The van der Waals surface area contributed by atoms with Crippen LogP contribution < -0.4 is 0 Å². The molecule has 2 amide bonds. The predicted octanol–water partition coefficient (Wildman–Crippen LogP) is 2.85. The topological polar surface area (TPSA) is 49.9 Å². The van der Waals surface area contributed by atoms with E-state index in [0.29, 0.717) is 48.3 Å². The first-order valence-corrected chi connectivity index (χ1v) is 8.89. The molecule has 0 radical (unpaired) electrons. The number of likely N-dealkylation sites (tertiary alicyclic amines) is 1. The molecule has 2 aliphatic rings. The van der Waals surface area contributed by atoms with Crippen LogP contribution in [0.4, 0.5) is 0 Å². The summed E-state index contributed by atoms with van der Waals surface area (Å²) in [7, 11) is 0. The van der Waals surface area contributed by atoms with Gasteiger partial charge in [0.15, 0.2) is 0 Å². The predicted molar refractivity (Wildman–Crippen MR) is 92.5 cm³/mol. The highest BCUT2D eigenvalue weighted by Crippen LogP contribution is 2.26. The van der Waals surface area contributed by atoms with E-state index in [9.17, 15) is 9.59 Å². The molecule has 0 aliphatic carbocycles. The molecule has 3 rings (SSSR count). The van der Waals surface area contributed by atoms with Crippen molar-refractivity contribution < 1.29 is 14.3 Å². The SMILES string of the molecule is C[C@@H]1CN(C(=O)[C@@H]2CCCN2C(=O)c2ccc(Cl)c(Cl)c2)CCO1. The number of amides is 2. The summed E-state index contributed by atoms with van der Waals surface area (Å²) in [6.07, 6.45) is 1.55. The third-order valence-electron chi connectivity index (χ3n) is 4.52. The molecule has 0 spiro atoms. The minimum atomic E-state index is -0.405. The first-order valence-electron chi connectivity index (χ1n) is 8.14. The Morgan fingerprint density at radius 1 is 1.21 bits per heavy atom. The lowest BCUT2D eigenvalue weighted by Gasteiger charge is -2.35. The summed E-state index contributed by atoms with van der Waals surface area (Å²) in [5.74, 6) is -0.165. The van der Waals surface area contributed by atoms with Gasteiger partial charge < -0.3 is 14.5 Å². The molecular formula is C17H20Cl2N2O3. The van der Waals surface area contributed by atoms with Crippen molar-refractivity contribution >= 4 is 35.0 Å². The maximum absolute atomic E-state index is 12.8. The van der Waals surface area contributed by atoms with Gasteiger partial charge >= 0.3 is 0 Å². The Kier molecular flexibility index (Phi) is 5.33. The first-order chi connectivity index (χ1) is 11.5. The van der Waals surface area contributed by atoms with Gasteiger partial charge in [0.05, 0.1) is 22.8 Å². The molecule has 0 aromatic heterocycles. The molecule has 1 aromatic rings. The molecule has 7 heteroatoms. The average Bonchev–Trinajstić information content (AvgIpc) is 3.05. The zero-order chi connectivity index (χ0) is 17.3. The Morgan fingerprint density at radius 2 is 2.00 bits per heavy atom. The number of benzene rings is 1. The zero-order valence-electron chi connectivity index (χ0n) is 13.5. The van der Waals surface area contributed by atoms with E-state index in [-0.39, 0.29) is 17.9 Å². The molecule has 2 heterocycles. The van der Waals surface area contributed by atoms with Crippen LogP contribution in [0.25, 0.3) is 0 Å². The van der Waals surface area contributed by atoms with Crippen LogP contribution >= 0.6 is 23.2 Å². The molecule has 0 unspecified atom stereocenters. The summed E-state index contributed by atoms with van der Waals surface area (Å²) in [6, 6.07) is 4.40. The van der Waals surface area contributed by atoms with Gasteiger partial charge in [0.25, 0.3) is 5.91 Å². The first kappa shape index (κ1) is 17.5. The maximum Gasteiger partial charge on any atom is 0.254 e. The van der Waals surface area contributed by atoms with Crippen LogP contribution in [-0.4, -0.2) is 60.0 Å². The highest BCUT2D eigenvalue weighted by molar-refractivity contribution is 6.42. The van der Waals surface area contributed by atoms with E-state index in [2.05, 4.69) is 0 Å². The standard InChI is InChI=1S/C17H20Cl2N2O3/c1-11-10-20(7-8-24-11)17(23)15-3-2-6-21(15)16(22)12-4-5-13(18)14(19)9-12/h4-5,9,11,15H,2-3,6-8,10H2,1H3/t11-,15+/m1/s1. The lowest BCUT2D eigenvalue weighted by atomic mass is 10.1. The van der Waals surface area contributed by atoms with Gasteiger partial charge in [0.1, 0.15) is 6.04 Å². The van der Waals surface area contributed by atoms with Gasteiger partial charge in [0.2, 0.25) is 5.91 Å². The molecule has 2 saturated heterocycles. The Bertz CT molecular complexity index is 653. The van der Waals surface area contributed by atoms with E-state index < -0.39 is 6.04 Å². The number of rotatable bonds is 2. The van der Waals surface area contributed by atoms with Crippen molar-refractivity contribution in [3.63, 3.8) is 0 Å². The second-order valence-corrected chi connectivity index (χ2v) is 7.07. The van der Waals surface area contributed by atoms with Gasteiger partial charge in [-0.2, -0.15) is 0 Å². The molecule has 5 nitrogen and oxygen atoms in total. The van der Waals surface area contributed by atoms with E-state index in [4.69, 9.17) is 27.9 Å². The quantitative estimate of drug-likeness (QED) is 0.803. The highest BCUT2D eigenvalue weighted by Gasteiger charge is 2.38. The number of hydrogen-bond acceptors (Lipinski definition) is 3. The Hall–Kier alpha value is -1.30. The second-order valence-electron chi connectivity index (χ2n) is 6.25. The zero-order valence-corrected chi connectivity index (χ0v) is 15.0. The fraction of sp³-hybridized carbons (Fsp3) is 0.529. The number of nitrogens with zero attached hydrogens (tertiary/aromatic N) is 2. The van der Waals surface area contributed by atoms with Gasteiger partial charge in [-0.3, -0.25) is 9.59 Å². The molecule has 1 aromatic carbocycles. The lowest BCUT2D eigenvalue weighted by molar-refractivity contribution is -0.142. The minimum Gasteiger partial charge on any atom is -0.375 e. The maximum atomic E-state index is 12.8. The van der Waals surface area contributed by atoms with Gasteiger partial charge in [-0.25, -0.2) is 0 Å². The van der Waals surface area contributed by atoms with Crippen LogP contribution in [0.3, 0.4) is 0 Å². The van der Waals surface area contributed by atoms with E-state index in [0.717, 1.165) is 6.42 Å². The number of hydrogen-bond donors (Lipinski definition) is 0. The van der Waals surface area contributed by atoms with Crippen LogP contribution in [0.2, 0.25) is 10.0 Å². The van der Waals surface area contributed by atoms with E-state index in [1.807, 2.05) is 6.92 Å². The second kappa shape index (κ2) is 7.30. The highest BCUT2D eigenvalue weighted by atomic mass is 35.5. The molecule has 24 heavy (non-hydrogen) atoms. The summed E-state index contributed by atoms with van der Waals surface area (Å²) in [6.45, 7) is 4.22. The van der Waals surface area contributed by atoms with Crippen LogP contribution in [-0.2, 0) is 9.53 Å². The number of ether oxygens (including phenoxy) is 1. The Labute approximate surface area is 151 Å². The van der Waals surface area contributed by atoms with E-state index in [1.54, 1.807) is 28.0 Å². The molecule has 130 valence electrons. The fourth-order valence-corrected chi connectivity index (χ4v) is 3.59. The van der Waals surface area contributed by atoms with Crippen molar-refractivity contribution in [2.75, 3.05) is 26.2 Å². The molecule has 2 atom stereocenters. The van der Waals surface area contributed by atoms with Crippen molar-refractivity contribution in [2.45, 2.75) is 31.9 Å². The van der Waals surface area contributed by atoms with Gasteiger partial charge in [-0.1, -0.05) is 23.2 Å². The van der Waals surface area contributed by atoms with Crippen molar-refractivity contribution in [3.8, 4) is 0 Å². The lowest BCUT2D eigenvalue weighted by Crippen LogP contribution is -2.52. The van der Waals surface area contributed by atoms with Crippen molar-refractivity contribution in [3.05, 3.63) is 33.8 Å². The summed E-state index contributed by atoms with van der Waals surface area (Å²) < 4.78 is 5.49. The summed E-state index contributed by atoms with van der Waals surface area (Å²) in [5.41, 5.74) is 0.458. The van der Waals surface area contributed by atoms with Crippen LogP contribution in [0.1, 0.15) is 30.1 Å². The summed E-state index contributed by atoms with van der Waals surface area (Å²) in [5, 5.41) is 0.746. The normalized spacial score (nSPS) is 24.3. The third kappa shape index (κ3) is 3.53. The largest absolute Gasteiger partial charge is 0.375 e. The minimum absolute atomic E-state index is 0.0102. The Balaban J connectivity index is 1.75. The van der Waals surface area contributed by atoms with Gasteiger partial charge in [0, 0.05) is 25.2 Å². The van der Waals surface area contributed by atoms with Crippen molar-refractivity contribution in [1.29, 1.82) is 0 Å². The molecule has 0 N–H and O–H groups in total.